The van der Waals surface area contributed by atoms with E-state index in [2.05, 4.69) is 15.6 Å². The van der Waals surface area contributed by atoms with Gasteiger partial charge in [-0.05, 0) is 48.9 Å². The quantitative estimate of drug-likeness (QED) is 0.360. The first-order valence-corrected chi connectivity index (χ1v) is 14.7. The van der Waals surface area contributed by atoms with Crippen molar-refractivity contribution in [2.45, 2.75) is 32.0 Å². The minimum Gasteiger partial charge on any atom is -0.496 e. The van der Waals surface area contributed by atoms with E-state index in [0.29, 0.717) is 47.0 Å². The molecular formula is C34H34N4O7. The van der Waals surface area contributed by atoms with Crippen molar-refractivity contribution in [1.29, 1.82) is 0 Å². The normalized spacial score (nSPS) is 18.5. The highest BCUT2D eigenvalue weighted by atomic mass is 16.5. The number of hydrogen-bond acceptors (Lipinski definition) is 8. The topological polar surface area (TPSA) is 128 Å². The first-order chi connectivity index (χ1) is 21.8. The lowest BCUT2D eigenvalue weighted by atomic mass is 10.00. The summed E-state index contributed by atoms with van der Waals surface area (Å²) in [6.45, 7) is 2.44. The van der Waals surface area contributed by atoms with E-state index in [1.807, 2.05) is 37.3 Å². The number of carbonyl (C=O) groups is 3. The molecule has 0 aliphatic carbocycles. The molecule has 11 nitrogen and oxygen atoms in total. The number of amides is 3. The molecule has 0 saturated carbocycles. The van der Waals surface area contributed by atoms with Crippen molar-refractivity contribution >= 4 is 28.6 Å². The van der Waals surface area contributed by atoms with Crippen LogP contribution < -0.4 is 29.6 Å². The van der Waals surface area contributed by atoms with Gasteiger partial charge in [-0.1, -0.05) is 18.2 Å². The first-order valence-electron chi connectivity index (χ1n) is 14.7. The summed E-state index contributed by atoms with van der Waals surface area (Å²) in [5, 5.41) is 6.74. The Morgan fingerprint density at radius 3 is 2.64 bits per heavy atom. The molecule has 3 aliphatic heterocycles. The smallest absolute Gasteiger partial charge is 0.272 e. The van der Waals surface area contributed by atoms with Crippen molar-refractivity contribution in [3.63, 3.8) is 0 Å². The van der Waals surface area contributed by atoms with Gasteiger partial charge >= 0.3 is 0 Å². The van der Waals surface area contributed by atoms with Crippen LogP contribution in [-0.2, 0) is 11.3 Å². The summed E-state index contributed by atoms with van der Waals surface area (Å²) in [5.41, 5.74) is 2.81. The maximum atomic E-state index is 13.8. The number of fused-ring (bicyclic) bond motifs is 8. The molecule has 4 heterocycles. The van der Waals surface area contributed by atoms with Gasteiger partial charge in [-0.3, -0.25) is 14.4 Å². The Morgan fingerprint density at radius 1 is 1.00 bits per heavy atom. The Bertz CT molecular complexity index is 1780. The average molecular weight is 611 g/mol. The zero-order chi connectivity index (χ0) is 31.5. The van der Waals surface area contributed by atoms with E-state index >= 15 is 0 Å². The third kappa shape index (κ3) is 6.33. The minimum atomic E-state index is -0.562. The zero-order valence-electron chi connectivity index (χ0n) is 25.3. The highest BCUT2D eigenvalue weighted by Crippen LogP contribution is 2.30. The number of nitrogens with zero attached hydrogens (tertiary/aromatic N) is 2. The highest BCUT2D eigenvalue weighted by Gasteiger charge is 2.35. The Labute approximate surface area is 260 Å². The number of ether oxygens (including phenoxy) is 4. The molecule has 3 amide bonds. The summed E-state index contributed by atoms with van der Waals surface area (Å²) in [6.07, 6.45) is -0.00623. The summed E-state index contributed by atoms with van der Waals surface area (Å²) in [4.78, 5) is 46.2. The van der Waals surface area contributed by atoms with Gasteiger partial charge in [-0.2, -0.15) is 0 Å². The van der Waals surface area contributed by atoms with Crippen molar-refractivity contribution in [2.75, 3.05) is 33.9 Å². The van der Waals surface area contributed by atoms with Crippen LogP contribution in [0.15, 0.2) is 66.7 Å². The molecule has 0 radical (unpaired) electrons. The molecule has 7 rings (SSSR count). The van der Waals surface area contributed by atoms with Gasteiger partial charge in [-0.15, -0.1) is 0 Å². The maximum absolute atomic E-state index is 13.8. The minimum absolute atomic E-state index is 0.189. The second kappa shape index (κ2) is 12.7. The zero-order valence-corrected chi connectivity index (χ0v) is 25.3. The van der Waals surface area contributed by atoms with Crippen LogP contribution in [0, 0.1) is 6.92 Å². The Hall–Kier alpha value is -5.32. The molecule has 11 heteroatoms. The fraction of sp³-hybridized carbons (Fsp3) is 0.294. The first kappa shape index (κ1) is 29.7. The van der Waals surface area contributed by atoms with Gasteiger partial charge in [0.25, 0.3) is 17.7 Å². The number of pyridine rings is 1. The molecule has 45 heavy (non-hydrogen) atoms. The molecular weight excluding hydrogens is 576 g/mol. The summed E-state index contributed by atoms with van der Waals surface area (Å²) in [6, 6.07) is 19.0. The van der Waals surface area contributed by atoms with Crippen LogP contribution in [0.3, 0.4) is 0 Å². The SMILES string of the molecule is COc1cc2ccc1CNC(=O)COc1cc(ccc1C)C(=O)N[C@H]1CN(C(=O)c3cc(OC)c4ccccc4n3)CC[C@H]1O2. The van der Waals surface area contributed by atoms with E-state index in [0.717, 1.165) is 16.5 Å². The maximum Gasteiger partial charge on any atom is 0.272 e. The predicted octanol–water partition coefficient (Wildman–Crippen LogP) is 3.66. The molecule has 4 bridgehead atoms. The van der Waals surface area contributed by atoms with Crippen molar-refractivity contribution in [3.05, 3.63) is 89.1 Å². The van der Waals surface area contributed by atoms with E-state index in [1.54, 1.807) is 55.5 Å². The van der Waals surface area contributed by atoms with Gasteiger partial charge in [0, 0.05) is 54.7 Å². The number of likely N-dealkylation sites (tertiary alicyclic amines) is 1. The van der Waals surface area contributed by atoms with Gasteiger partial charge in [-0.25, -0.2) is 4.98 Å². The average Bonchev–Trinajstić information content (AvgIpc) is 3.06. The number of piperidine rings is 1. The molecule has 1 aromatic heterocycles. The fourth-order valence-electron chi connectivity index (χ4n) is 5.63. The molecule has 1 saturated heterocycles. The van der Waals surface area contributed by atoms with Gasteiger partial charge in [0.2, 0.25) is 0 Å². The van der Waals surface area contributed by atoms with Crippen molar-refractivity contribution in [3.8, 4) is 23.0 Å². The largest absolute Gasteiger partial charge is 0.496 e. The van der Waals surface area contributed by atoms with E-state index in [-0.39, 0.29) is 43.1 Å². The third-order valence-corrected chi connectivity index (χ3v) is 8.10. The second-order valence-electron chi connectivity index (χ2n) is 11.0. The molecule has 0 unspecified atom stereocenters. The molecule has 2 N–H and O–H groups in total. The lowest BCUT2D eigenvalue weighted by molar-refractivity contribution is -0.123. The number of aromatic nitrogens is 1. The standard InChI is InChI=1S/C34H34N4O7/c1-20-8-9-21-14-29(20)44-19-32(39)35-17-22-10-11-23(15-30(22)42-2)45-28-12-13-38(18-27(28)37-33(21)40)34(41)26-16-31(43-3)24-6-4-5-7-25(24)36-26/h4-11,14-16,27-28H,12-13,17-19H2,1-3H3,(H,35,39)(H,37,40)/t27-,28+/m0/s1. The summed E-state index contributed by atoms with van der Waals surface area (Å²) in [5.74, 6) is 1.12. The van der Waals surface area contributed by atoms with Crippen LogP contribution >= 0.6 is 0 Å². The van der Waals surface area contributed by atoms with Crippen molar-refractivity contribution < 1.29 is 33.3 Å². The number of hydrogen-bond donors (Lipinski definition) is 2. The molecule has 3 aliphatic rings. The molecule has 232 valence electrons. The molecule has 3 aromatic carbocycles. The third-order valence-electron chi connectivity index (χ3n) is 8.10. The van der Waals surface area contributed by atoms with E-state index in [4.69, 9.17) is 18.9 Å². The van der Waals surface area contributed by atoms with E-state index in [1.165, 1.54) is 0 Å². The summed E-state index contributed by atoms with van der Waals surface area (Å²) in [7, 11) is 3.11. The van der Waals surface area contributed by atoms with Gasteiger partial charge in [0.15, 0.2) is 6.61 Å². The number of nitrogens with one attached hydrogen (secondary N) is 2. The van der Waals surface area contributed by atoms with E-state index < -0.39 is 12.1 Å². The van der Waals surface area contributed by atoms with Crippen LogP contribution in [-0.4, -0.2) is 73.7 Å². The van der Waals surface area contributed by atoms with Crippen molar-refractivity contribution in [2.24, 2.45) is 0 Å². The van der Waals surface area contributed by atoms with Crippen LogP contribution in [0.4, 0.5) is 0 Å². The summed E-state index contributed by atoms with van der Waals surface area (Å²) < 4.78 is 23.4. The van der Waals surface area contributed by atoms with E-state index in [9.17, 15) is 14.4 Å². The van der Waals surface area contributed by atoms with Crippen LogP contribution in [0.5, 0.6) is 23.0 Å². The number of methoxy groups -OCH3 is 2. The number of rotatable bonds is 3. The molecule has 1 fully saturated rings. The Balaban J connectivity index is 1.32. The monoisotopic (exact) mass is 610 g/mol. The highest BCUT2D eigenvalue weighted by molar-refractivity contribution is 5.97. The Kier molecular flexibility index (Phi) is 8.41. The van der Waals surface area contributed by atoms with Crippen LogP contribution in [0.1, 0.15) is 38.4 Å². The molecule has 2 atom stereocenters. The van der Waals surface area contributed by atoms with Gasteiger partial charge in [0.05, 0.1) is 25.8 Å². The van der Waals surface area contributed by atoms with Crippen LogP contribution in [0.2, 0.25) is 0 Å². The fourth-order valence-corrected chi connectivity index (χ4v) is 5.63. The van der Waals surface area contributed by atoms with Crippen LogP contribution in [0.25, 0.3) is 10.9 Å². The Morgan fingerprint density at radius 2 is 1.82 bits per heavy atom. The number of aryl methyl sites for hydroxylation is 1. The van der Waals surface area contributed by atoms with Crippen molar-refractivity contribution in [1.82, 2.24) is 20.5 Å². The van der Waals surface area contributed by atoms with Gasteiger partial charge in [0.1, 0.15) is 34.8 Å². The lowest BCUT2D eigenvalue weighted by Crippen LogP contribution is -2.58. The molecule has 0 spiro atoms. The summed E-state index contributed by atoms with van der Waals surface area (Å²) >= 11 is 0. The number of benzene rings is 3. The number of carbonyl (C=O) groups excluding carboxylic acids is 3. The second-order valence-corrected chi connectivity index (χ2v) is 11.0. The lowest BCUT2D eigenvalue weighted by Gasteiger charge is -2.38. The number of para-hydroxylation sites is 1. The van der Waals surface area contributed by atoms with Gasteiger partial charge < -0.3 is 34.5 Å². The molecule has 4 aromatic rings. The predicted molar refractivity (Wildman–Crippen MR) is 166 cm³/mol.